The van der Waals surface area contributed by atoms with Crippen molar-refractivity contribution in [3.8, 4) is 17.0 Å². The number of aromatic nitrogens is 3. The van der Waals surface area contributed by atoms with Crippen LogP contribution in [0.4, 0.5) is 23.0 Å². The Balaban J connectivity index is 0.651. The molecule has 5 fully saturated rings. The summed E-state index contributed by atoms with van der Waals surface area (Å²) in [5, 5.41) is 6.87. The first-order valence-electron chi connectivity index (χ1n) is 21.5. The molecule has 5 aromatic rings. The number of methoxy groups -OCH3 is 1. The van der Waals surface area contributed by atoms with Gasteiger partial charge in [0.05, 0.1) is 29.6 Å². The van der Waals surface area contributed by atoms with Crippen molar-refractivity contribution in [1.82, 2.24) is 34.6 Å². The van der Waals surface area contributed by atoms with E-state index in [1.165, 1.54) is 23.7 Å². The Hall–Kier alpha value is -6.32. The summed E-state index contributed by atoms with van der Waals surface area (Å²) in [6, 6.07) is 22.3. The summed E-state index contributed by atoms with van der Waals surface area (Å²) in [5.41, 5.74) is 6.76. The summed E-state index contributed by atoms with van der Waals surface area (Å²) in [7, 11) is 1.70. The van der Waals surface area contributed by atoms with Gasteiger partial charge in [-0.2, -0.15) is 0 Å². The molecule has 3 aromatic carbocycles. The summed E-state index contributed by atoms with van der Waals surface area (Å²) in [5.74, 6) is -0.115. The van der Waals surface area contributed by atoms with Crippen LogP contribution in [0.2, 0.25) is 0 Å². The SMILES string of the molecule is COc1cc(N2CC(N3CCN(CC4CN(c5ccc6c(c5)C(=O)N(C5CCC(=O)NC5=O)C6=O)C4)CC3)C2)ccc1Nc1nccc(-c2cn(C3CC3)c3ccccc23)n1. The Labute approximate surface area is 353 Å². The zero-order chi connectivity index (χ0) is 41.4. The van der Waals surface area contributed by atoms with Crippen LogP contribution in [-0.2, 0) is 9.59 Å². The monoisotopic (exact) mass is 820 g/mol. The molecule has 4 amide bonds. The molecule has 15 heteroatoms. The van der Waals surface area contributed by atoms with Gasteiger partial charge in [-0.25, -0.2) is 9.97 Å². The summed E-state index contributed by atoms with van der Waals surface area (Å²) < 4.78 is 8.25. The van der Waals surface area contributed by atoms with Crippen molar-refractivity contribution in [2.75, 3.05) is 81.1 Å². The minimum absolute atomic E-state index is 0.103. The fourth-order valence-electron chi connectivity index (χ4n) is 9.86. The highest BCUT2D eigenvalue weighted by atomic mass is 16.5. The summed E-state index contributed by atoms with van der Waals surface area (Å²) in [6.45, 7) is 8.95. The van der Waals surface area contributed by atoms with E-state index in [-0.39, 0.29) is 18.7 Å². The highest BCUT2D eigenvalue weighted by Gasteiger charge is 2.45. The molecular weight excluding hydrogens is 773 g/mol. The van der Waals surface area contributed by atoms with Crippen molar-refractivity contribution in [3.63, 3.8) is 0 Å². The molecular formula is C46H48N10O5. The number of rotatable bonds is 11. The summed E-state index contributed by atoms with van der Waals surface area (Å²) >= 11 is 0. The second kappa shape index (κ2) is 15.0. The maximum absolute atomic E-state index is 13.3. The van der Waals surface area contributed by atoms with Crippen LogP contribution in [0.1, 0.15) is 52.4 Å². The number of piperidine rings is 1. The Morgan fingerprint density at radius 3 is 2.33 bits per heavy atom. The molecule has 1 saturated carbocycles. The molecule has 0 spiro atoms. The predicted molar refractivity (Wildman–Crippen MR) is 230 cm³/mol. The van der Waals surface area contributed by atoms with E-state index >= 15 is 0 Å². The van der Waals surface area contributed by atoms with Crippen molar-refractivity contribution in [1.29, 1.82) is 0 Å². The average molecular weight is 821 g/mol. The van der Waals surface area contributed by atoms with E-state index < -0.39 is 23.8 Å². The van der Waals surface area contributed by atoms with Crippen molar-refractivity contribution in [3.05, 3.63) is 90.3 Å². The van der Waals surface area contributed by atoms with Crippen LogP contribution in [0.5, 0.6) is 5.75 Å². The number of benzene rings is 3. The van der Waals surface area contributed by atoms with Gasteiger partial charge in [-0.3, -0.25) is 34.3 Å². The number of anilines is 4. The van der Waals surface area contributed by atoms with Gasteiger partial charge in [0, 0.05) is 130 Å². The smallest absolute Gasteiger partial charge is 0.262 e. The van der Waals surface area contributed by atoms with E-state index in [2.05, 4.69) is 88.4 Å². The lowest BCUT2D eigenvalue weighted by Crippen LogP contribution is -2.64. The van der Waals surface area contributed by atoms with Crippen LogP contribution >= 0.6 is 0 Å². The number of ether oxygens (including phenoxy) is 1. The standard InChI is InChI=1S/C46H48N10O5/c1-61-41-21-31(9-11-38(41)49-46-47-15-14-37(48-46)36-27-55(29-6-7-29)39-5-3-2-4-33(36)39)54-25-32(26-54)52-18-16-51(17-19-52)22-28-23-53(24-28)30-8-10-34-35(20-30)45(60)56(44(34)59)40-12-13-42(57)50-43(40)58/h2-5,8-11,14-15,20-21,27-29,32,40H,6-7,12-13,16-19,22-26H2,1H3,(H,47,48,49)(H,50,57,58). The van der Waals surface area contributed by atoms with Gasteiger partial charge in [0.2, 0.25) is 17.8 Å². The van der Waals surface area contributed by atoms with Crippen molar-refractivity contribution in [2.45, 2.75) is 43.8 Å². The molecule has 2 N–H and O–H groups in total. The maximum atomic E-state index is 13.3. The molecule has 15 nitrogen and oxygen atoms in total. The molecule has 5 aliphatic heterocycles. The molecule has 0 bridgehead atoms. The van der Waals surface area contributed by atoms with Gasteiger partial charge in [-0.15, -0.1) is 0 Å². The van der Waals surface area contributed by atoms with Crippen LogP contribution in [-0.4, -0.2) is 131 Å². The lowest BCUT2D eigenvalue weighted by atomic mass is 9.97. The predicted octanol–water partition coefficient (Wildman–Crippen LogP) is 4.53. The molecule has 7 heterocycles. The number of hydrogen-bond donors (Lipinski definition) is 2. The molecule has 11 rings (SSSR count). The Morgan fingerprint density at radius 1 is 0.787 bits per heavy atom. The Morgan fingerprint density at radius 2 is 1.54 bits per heavy atom. The van der Waals surface area contributed by atoms with E-state index in [4.69, 9.17) is 9.72 Å². The number of amides is 4. The molecule has 312 valence electrons. The number of carbonyl (C=O) groups excluding carboxylic acids is 4. The molecule has 1 aliphatic carbocycles. The molecule has 1 atom stereocenters. The third-order valence-electron chi connectivity index (χ3n) is 13.5. The minimum atomic E-state index is -0.958. The van der Waals surface area contributed by atoms with Crippen molar-refractivity contribution in [2.24, 2.45) is 5.92 Å². The molecule has 4 saturated heterocycles. The first-order chi connectivity index (χ1) is 29.8. The third kappa shape index (κ3) is 6.85. The van der Waals surface area contributed by atoms with Gasteiger partial charge in [0.25, 0.3) is 11.8 Å². The molecule has 6 aliphatic rings. The highest BCUT2D eigenvalue weighted by molar-refractivity contribution is 6.23. The number of carbonyl (C=O) groups is 4. The van der Waals surface area contributed by atoms with E-state index in [9.17, 15) is 19.2 Å². The minimum Gasteiger partial charge on any atom is -0.494 e. The maximum Gasteiger partial charge on any atom is 0.262 e. The molecule has 2 aromatic heterocycles. The van der Waals surface area contributed by atoms with Crippen molar-refractivity contribution < 1.29 is 23.9 Å². The fourth-order valence-corrected chi connectivity index (χ4v) is 9.86. The number of nitrogens with zero attached hydrogens (tertiary/aromatic N) is 8. The van der Waals surface area contributed by atoms with Crippen molar-refractivity contribution >= 4 is 57.5 Å². The number of hydrogen-bond acceptors (Lipinski definition) is 12. The van der Waals surface area contributed by atoms with Gasteiger partial charge in [0.15, 0.2) is 0 Å². The van der Waals surface area contributed by atoms with E-state index in [0.29, 0.717) is 35.1 Å². The van der Waals surface area contributed by atoms with E-state index in [0.717, 1.165) is 97.9 Å². The number of para-hydroxylation sites is 1. The number of piperazine rings is 1. The van der Waals surface area contributed by atoms with Crippen LogP contribution in [0, 0.1) is 5.92 Å². The zero-order valence-electron chi connectivity index (χ0n) is 34.1. The lowest BCUT2D eigenvalue weighted by molar-refractivity contribution is -0.136. The van der Waals surface area contributed by atoms with Crippen LogP contribution in [0.15, 0.2) is 79.1 Å². The quantitative estimate of drug-likeness (QED) is 0.181. The largest absolute Gasteiger partial charge is 0.494 e. The number of imide groups is 2. The third-order valence-corrected chi connectivity index (χ3v) is 13.5. The Kier molecular flexibility index (Phi) is 9.26. The molecule has 61 heavy (non-hydrogen) atoms. The summed E-state index contributed by atoms with van der Waals surface area (Å²) in [4.78, 5) is 70.8. The molecule has 1 unspecified atom stereocenters. The van der Waals surface area contributed by atoms with Gasteiger partial charge < -0.3 is 29.3 Å². The van der Waals surface area contributed by atoms with Gasteiger partial charge in [-0.1, -0.05) is 18.2 Å². The second-order valence-corrected chi connectivity index (χ2v) is 17.3. The Bertz CT molecular complexity index is 2590. The number of nitrogens with one attached hydrogen (secondary N) is 2. The first kappa shape index (κ1) is 37.7. The lowest BCUT2D eigenvalue weighted by Gasteiger charge is -2.50. The van der Waals surface area contributed by atoms with Gasteiger partial charge in [0.1, 0.15) is 11.8 Å². The van der Waals surface area contributed by atoms with Gasteiger partial charge in [-0.05, 0) is 61.7 Å². The average Bonchev–Trinajstić information content (AvgIpc) is 3.97. The highest BCUT2D eigenvalue weighted by Crippen LogP contribution is 2.42. The second-order valence-electron chi connectivity index (χ2n) is 17.3. The fraction of sp³-hybridized carbons (Fsp3) is 0.391. The van der Waals surface area contributed by atoms with Crippen LogP contribution in [0.3, 0.4) is 0 Å². The zero-order valence-corrected chi connectivity index (χ0v) is 34.1. The topological polar surface area (TPSA) is 148 Å². The van der Waals surface area contributed by atoms with E-state index in [1.54, 1.807) is 19.2 Å². The summed E-state index contributed by atoms with van der Waals surface area (Å²) in [6.07, 6.45) is 6.75. The van der Waals surface area contributed by atoms with Gasteiger partial charge >= 0.3 is 0 Å². The van der Waals surface area contributed by atoms with Crippen LogP contribution in [0.25, 0.3) is 22.2 Å². The van der Waals surface area contributed by atoms with E-state index in [1.807, 2.05) is 18.3 Å². The normalized spacial score (nSPS) is 21.5. The molecule has 0 radical (unpaired) electrons. The number of fused-ring (bicyclic) bond motifs is 2. The first-order valence-corrected chi connectivity index (χ1v) is 21.5. The van der Waals surface area contributed by atoms with Crippen LogP contribution < -0.4 is 25.2 Å².